The number of hydrogen-bond acceptors (Lipinski definition) is 5. The minimum Gasteiger partial charge on any atom is -0.326 e. The summed E-state index contributed by atoms with van der Waals surface area (Å²) in [4.78, 5) is 26.6. The summed E-state index contributed by atoms with van der Waals surface area (Å²) in [5.41, 5.74) is 1.18. The van der Waals surface area contributed by atoms with Crippen molar-refractivity contribution in [1.29, 1.82) is 0 Å². The summed E-state index contributed by atoms with van der Waals surface area (Å²) in [5.74, 6) is -0.324. The molecule has 1 aromatic carbocycles. The Balaban J connectivity index is 1.96. The van der Waals surface area contributed by atoms with Crippen LogP contribution < -0.4 is 5.32 Å². The lowest BCUT2D eigenvalue weighted by atomic mass is 10.1. The molecule has 152 valence electrons. The van der Waals surface area contributed by atoms with Gasteiger partial charge in [-0.3, -0.25) is 9.59 Å². The second-order valence-electron chi connectivity index (χ2n) is 6.41. The minimum atomic E-state index is -3.52. The van der Waals surface area contributed by atoms with E-state index in [1.165, 1.54) is 16.4 Å². The Hall–Kier alpha value is -2.03. The number of anilines is 1. The maximum absolute atomic E-state index is 12.5. The van der Waals surface area contributed by atoms with Gasteiger partial charge in [0.15, 0.2) is 5.78 Å². The lowest BCUT2D eigenvalue weighted by Crippen LogP contribution is -2.30. The fraction of sp³-hybridized carbons (Fsp3) is 0.400. The van der Waals surface area contributed by atoms with Crippen molar-refractivity contribution in [3.8, 4) is 0 Å². The Morgan fingerprint density at radius 3 is 2.14 bits per heavy atom. The number of amides is 1. The Kier molecular flexibility index (Phi) is 7.51. The van der Waals surface area contributed by atoms with Crippen LogP contribution in [-0.2, 0) is 14.8 Å². The highest BCUT2D eigenvalue weighted by molar-refractivity contribution is 7.89. The number of aryl methyl sites for hydroxylation is 2. The molecule has 0 atom stereocenters. The smallest absolute Gasteiger partial charge is 0.243 e. The van der Waals surface area contributed by atoms with E-state index in [9.17, 15) is 18.0 Å². The van der Waals surface area contributed by atoms with Gasteiger partial charge in [-0.2, -0.15) is 4.31 Å². The van der Waals surface area contributed by atoms with Crippen LogP contribution in [-0.4, -0.2) is 37.5 Å². The number of Topliss-reactive ketones (excluding diaryl/α,β-unsaturated/α-hetero) is 1. The number of nitrogens with one attached hydrogen (secondary N) is 1. The second kappa shape index (κ2) is 9.45. The zero-order valence-corrected chi connectivity index (χ0v) is 18.2. The quantitative estimate of drug-likeness (QED) is 0.619. The molecule has 0 aliphatic heterocycles. The number of thiophene rings is 1. The van der Waals surface area contributed by atoms with Gasteiger partial charge in [-0.25, -0.2) is 8.42 Å². The molecule has 2 aromatic rings. The highest BCUT2D eigenvalue weighted by atomic mass is 32.2. The van der Waals surface area contributed by atoms with Gasteiger partial charge >= 0.3 is 0 Å². The minimum absolute atomic E-state index is 0.0438. The molecule has 0 fully saturated rings. The Morgan fingerprint density at radius 1 is 1.04 bits per heavy atom. The number of nitrogens with zero attached hydrogens (tertiary/aromatic N) is 1. The first-order chi connectivity index (χ1) is 13.2. The predicted molar refractivity (Wildman–Crippen MR) is 113 cm³/mol. The van der Waals surface area contributed by atoms with Gasteiger partial charge in [-0.1, -0.05) is 13.8 Å². The molecule has 0 radical (unpaired) electrons. The van der Waals surface area contributed by atoms with Crippen LogP contribution in [0.1, 0.15) is 46.8 Å². The molecule has 8 heteroatoms. The largest absolute Gasteiger partial charge is 0.326 e. The third kappa shape index (κ3) is 5.27. The molecule has 1 aromatic heterocycles. The van der Waals surface area contributed by atoms with Crippen molar-refractivity contribution >= 4 is 38.7 Å². The summed E-state index contributed by atoms with van der Waals surface area (Å²) in [5, 5.41) is 2.71. The standard InChI is InChI=1S/C20H26N2O4S2/c1-5-22(6-2)28(25,26)17-9-7-16(8-10-17)21-20(24)12-11-19(23)18-13-14(3)27-15(18)4/h7-10,13H,5-6,11-12H2,1-4H3,(H,21,24). The van der Waals surface area contributed by atoms with Gasteiger partial charge in [0.1, 0.15) is 0 Å². The normalized spacial score (nSPS) is 11.6. The molecule has 0 unspecified atom stereocenters. The Morgan fingerprint density at radius 2 is 1.64 bits per heavy atom. The molecule has 1 N–H and O–H groups in total. The van der Waals surface area contributed by atoms with E-state index in [0.29, 0.717) is 24.3 Å². The van der Waals surface area contributed by atoms with E-state index in [0.717, 1.165) is 9.75 Å². The zero-order valence-electron chi connectivity index (χ0n) is 16.6. The first-order valence-corrected chi connectivity index (χ1v) is 11.4. The van der Waals surface area contributed by atoms with Crippen molar-refractivity contribution in [2.45, 2.75) is 45.4 Å². The van der Waals surface area contributed by atoms with E-state index in [2.05, 4.69) is 5.32 Å². The topological polar surface area (TPSA) is 83.6 Å². The second-order valence-corrected chi connectivity index (χ2v) is 9.81. The molecule has 0 saturated carbocycles. The highest BCUT2D eigenvalue weighted by Gasteiger charge is 2.21. The molecule has 1 amide bonds. The van der Waals surface area contributed by atoms with Crippen LogP contribution in [0.25, 0.3) is 0 Å². The van der Waals surface area contributed by atoms with Gasteiger partial charge < -0.3 is 5.32 Å². The van der Waals surface area contributed by atoms with Gasteiger partial charge in [0.2, 0.25) is 15.9 Å². The predicted octanol–water partition coefficient (Wildman–Crippen LogP) is 4.00. The number of carbonyl (C=O) groups is 2. The summed E-state index contributed by atoms with van der Waals surface area (Å²) >= 11 is 1.57. The van der Waals surface area contributed by atoms with Crippen LogP contribution in [0.4, 0.5) is 5.69 Å². The number of sulfonamides is 1. The van der Waals surface area contributed by atoms with Crippen LogP contribution in [0, 0.1) is 13.8 Å². The number of benzene rings is 1. The number of hydrogen-bond donors (Lipinski definition) is 1. The lowest BCUT2D eigenvalue weighted by molar-refractivity contribution is -0.116. The van der Waals surface area contributed by atoms with Crippen molar-refractivity contribution in [3.05, 3.63) is 45.6 Å². The molecule has 0 bridgehead atoms. The van der Waals surface area contributed by atoms with E-state index in [1.807, 2.05) is 19.9 Å². The van der Waals surface area contributed by atoms with Gasteiger partial charge in [0.25, 0.3) is 0 Å². The van der Waals surface area contributed by atoms with E-state index in [4.69, 9.17) is 0 Å². The third-order valence-electron chi connectivity index (χ3n) is 4.40. The summed E-state index contributed by atoms with van der Waals surface area (Å²) in [6, 6.07) is 7.93. The SMILES string of the molecule is CCN(CC)S(=O)(=O)c1ccc(NC(=O)CCC(=O)c2cc(C)sc2C)cc1. The van der Waals surface area contributed by atoms with Gasteiger partial charge in [0.05, 0.1) is 4.90 Å². The Bertz CT molecular complexity index is 943. The van der Waals surface area contributed by atoms with Crippen LogP contribution >= 0.6 is 11.3 Å². The summed E-state index contributed by atoms with van der Waals surface area (Å²) < 4.78 is 26.3. The maximum Gasteiger partial charge on any atom is 0.243 e. The van der Waals surface area contributed by atoms with Crippen molar-refractivity contribution in [1.82, 2.24) is 4.31 Å². The lowest BCUT2D eigenvalue weighted by Gasteiger charge is -2.18. The molecule has 2 rings (SSSR count). The first-order valence-electron chi connectivity index (χ1n) is 9.19. The van der Waals surface area contributed by atoms with Crippen LogP contribution in [0.5, 0.6) is 0 Å². The van der Waals surface area contributed by atoms with Crippen LogP contribution in [0.2, 0.25) is 0 Å². The zero-order chi connectivity index (χ0) is 20.9. The molecular formula is C20H26N2O4S2. The monoisotopic (exact) mass is 422 g/mol. The molecule has 0 saturated heterocycles. The van der Waals surface area contributed by atoms with E-state index < -0.39 is 10.0 Å². The fourth-order valence-corrected chi connectivity index (χ4v) is 5.32. The van der Waals surface area contributed by atoms with Crippen LogP contribution in [0.3, 0.4) is 0 Å². The number of ketones is 1. The molecule has 28 heavy (non-hydrogen) atoms. The van der Waals surface area contributed by atoms with Crippen molar-refractivity contribution in [2.75, 3.05) is 18.4 Å². The molecule has 6 nitrogen and oxygen atoms in total. The average molecular weight is 423 g/mol. The average Bonchev–Trinajstić information content (AvgIpc) is 2.99. The molecule has 0 aliphatic carbocycles. The summed E-state index contributed by atoms with van der Waals surface area (Å²) in [6.45, 7) is 8.22. The molecule has 0 aliphatic rings. The number of rotatable bonds is 9. The molecular weight excluding hydrogens is 396 g/mol. The number of carbonyl (C=O) groups excluding carboxylic acids is 2. The molecule has 0 spiro atoms. The maximum atomic E-state index is 12.5. The van der Waals surface area contributed by atoms with E-state index in [-0.39, 0.29) is 29.4 Å². The highest BCUT2D eigenvalue weighted by Crippen LogP contribution is 2.22. The third-order valence-corrected chi connectivity index (χ3v) is 7.43. The first kappa shape index (κ1) is 22.3. The fourth-order valence-electron chi connectivity index (χ4n) is 2.92. The summed E-state index contributed by atoms with van der Waals surface area (Å²) in [7, 11) is -3.52. The van der Waals surface area contributed by atoms with Gasteiger partial charge in [-0.05, 0) is 44.2 Å². The van der Waals surface area contributed by atoms with E-state index in [1.54, 1.807) is 37.3 Å². The van der Waals surface area contributed by atoms with Crippen molar-refractivity contribution < 1.29 is 18.0 Å². The van der Waals surface area contributed by atoms with Crippen molar-refractivity contribution in [3.63, 3.8) is 0 Å². The summed E-state index contributed by atoms with van der Waals surface area (Å²) in [6.07, 6.45) is 0.212. The van der Waals surface area contributed by atoms with Gasteiger partial charge in [-0.15, -0.1) is 11.3 Å². The van der Waals surface area contributed by atoms with Crippen LogP contribution in [0.15, 0.2) is 35.2 Å². The Labute approximate surface area is 170 Å². The molecule has 1 heterocycles. The van der Waals surface area contributed by atoms with E-state index >= 15 is 0 Å². The van der Waals surface area contributed by atoms with Crippen molar-refractivity contribution in [2.24, 2.45) is 0 Å². The van der Waals surface area contributed by atoms with Gasteiger partial charge in [0, 0.05) is 46.9 Å².